The van der Waals surface area contributed by atoms with Crippen LogP contribution in [0.5, 0.6) is 0 Å². The monoisotopic (exact) mass is 271 g/mol. The van der Waals surface area contributed by atoms with Gasteiger partial charge in [-0.2, -0.15) is 0 Å². The van der Waals surface area contributed by atoms with Crippen molar-refractivity contribution in [2.45, 2.75) is 33.2 Å². The molecule has 1 unspecified atom stereocenters. The first kappa shape index (κ1) is 13.3. The van der Waals surface area contributed by atoms with E-state index >= 15 is 0 Å². The zero-order chi connectivity index (χ0) is 14.1. The third kappa shape index (κ3) is 2.24. The van der Waals surface area contributed by atoms with Crippen LogP contribution < -0.4 is 5.32 Å². The Kier molecular flexibility index (Phi) is 3.57. The van der Waals surface area contributed by atoms with Gasteiger partial charge < -0.3 is 9.88 Å². The van der Waals surface area contributed by atoms with Crippen LogP contribution in [0.4, 0.5) is 0 Å². The van der Waals surface area contributed by atoms with E-state index in [0.717, 1.165) is 54.9 Å². The first-order valence-corrected chi connectivity index (χ1v) is 7.42. The molecule has 1 aliphatic heterocycles. The zero-order valence-electron chi connectivity index (χ0n) is 12.1. The van der Waals surface area contributed by atoms with E-state index in [9.17, 15) is 4.79 Å². The average Bonchev–Trinajstić information content (AvgIpc) is 2.81. The minimum atomic E-state index is 0.121. The third-order valence-electron chi connectivity index (χ3n) is 4.21. The molecule has 1 aromatic carbocycles. The van der Waals surface area contributed by atoms with Crippen LogP contribution in [0.25, 0.3) is 11.0 Å². The Hall–Kier alpha value is -1.68. The van der Waals surface area contributed by atoms with Crippen LogP contribution in [-0.2, 0) is 6.54 Å². The standard InChI is InChI=1S/C16H21N3O/c1-3-19-11(2)18-14-9-12(6-7-15(14)19)16(20)13-5-4-8-17-10-13/h6-7,9,13,17H,3-5,8,10H2,1-2H3. The molecule has 1 aromatic heterocycles. The first-order valence-electron chi connectivity index (χ1n) is 7.42. The van der Waals surface area contributed by atoms with Gasteiger partial charge in [-0.1, -0.05) is 0 Å². The number of ketones is 1. The van der Waals surface area contributed by atoms with Crippen LogP contribution in [0.2, 0.25) is 0 Å². The Balaban J connectivity index is 1.94. The third-order valence-corrected chi connectivity index (χ3v) is 4.21. The molecule has 0 aliphatic carbocycles. The fourth-order valence-corrected chi connectivity index (χ4v) is 3.11. The van der Waals surface area contributed by atoms with Gasteiger partial charge in [-0.25, -0.2) is 4.98 Å². The molecule has 20 heavy (non-hydrogen) atoms. The fourth-order valence-electron chi connectivity index (χ4n) is 3.11. The number of carbonyl (C=O) groups excluding carboxylic acids is 1. The van der Waals surface area contributed by atoms with E-state index in [1.165, 1.54) is 0 Å². The summed E-state index contributed by atoms with van der Waals surface area (Å²) < 4.78 is 2.17. The molecule has 0 bridgehead atoms. The van der Waals surface area contributed by atoms with Crippen molar-refractivity contribution in [3.8, 4) is 0 Å². The van der Waals surface area contributed by atoms with Crippen LogP contribution in [0.3, 0.4) is 0 Å². The number of fused-ring (bicyclic) bond motifs is 1. The van der Waals surface area contributed by atoms with Gasteiger partial charge in [0.25, 0.3) is 0 Å². The van der Waals surface area contributed by atoms with Crippen LogP contribution >= 0.6 is 0 Å². The van der Waals surface area contributed by atoms with Gasteiger partial charge in [0.15, 0.2) is 5.78 Å². The summed E-state index contributed by atoms with van der Waals surface area (Å²) in [6, 6.07) is 5.93. The number of rotatable bonds is 3. The minimum Gasteiger partial charge on any atom is -0.329 e. The zero-order valence-corrected chi connectivity index (χ0v) is 12.1. The molecular weight excluding hydrogens is 250 g/mol. The summed E-state index contributed by atoms with van der Waals surface area (Å²) in [5, 5.41) is 3.30. The largest absolute Gasteiger partial charge is 0.329 e. The van der Waals surface area contributed by atoms with Gasteiger partial charge in [-0.15, -0.1) is 0 Å². The molecule has 0 spiro atoms. The summed E-state index contributed by atoms with van der Waals surface area (Å²) in [7, 11) is 0. The van der Waals surface area contributed by atoms with E-state index in [4.69, 9.17) is 0 Å². The maximum Gasteiger partial charge on any atom is 0.167 e. The lowest BCUT2D eigenvalue weighted by Gasteiger charge is -2.21. The molecule has 2 heterocycles. The maximum absolute atomic E-state index is 12.5. The molecule has 4 nitrogen and oxygen atoms in total. The Bertz CT molecular complexity index is 638. The van der Waals surface area contributed by atoms with Crippen LogP contribution in [0.1, 0.15) is 35.9 Å². The highest BCUT2D eigenvalue weighted by molar-refractivity contribution is 6.00. The van der Waals surface area contributed by atoms with Gasteiger partial charge in [0.05, 0.1) is 11.0 Å². The Morgan fingerprint density at radius 1 is 1.50 bits per heavy atom. The molecule has 1 saturated heterocycles. The van der Waals surface area contributed by atoms with Gasteiger partial charge in [-0.05, 0) is 51.4 Å². The van der Waals surface area contributed by atoms with Crippen LogP contribution in [0.15, 0.2) is 18.2 Å². The number of hydrogen-bond donors (Lipinski definition) is 1. The lowest BCUT2D eigenvalue weighted by atomic mass is 9.91. The topological polar surface area (TPSA) is 46.9 Å². The van der Waals surface area contributed by atoms with E-state index < -0.39 is 0 Å². The highest BCUT2D eigenvalue weighted by Gasteiger charge is 2.22. The van der Waals surface area contributed by atoms with Crippen molar-refractivity contribution >= 4 is 16.8 Å². The molecule has 0 amide bonds. The van der Waals surface area contributed by atoms with E-state index in [-0.39, 0.29) is 11.7 Å². The number of nitrogens with one attached hydrogen (secondary N) is 1. The lowest BCUT2D eigenvalue weighted by molar-refractivity contribution is 0.0900. The lowest BCUT2D eigenvalue weighted by Crippen LogP contribution is -2.34. The highest BCUT2D eigenvalue weighted by atomic mass is 16.1. The van der Waals surface area contributed by atoms with Gasteiger partial charge >= 0.3 is 0 Å². The fraction of sp³-hybridized carbons (Fsp3) is 0.500. The Morgan fingerprint density at radius 3 is 3.05 bits per heavy atom. The molecule has 1 atom stereocenters. The van der Waals surface area contributed by atoms with Gasteiger partial charge in [-0.3, -0.25) is 4.79 Å². The van der Waals surface area contributed by atoms with Gasteiger partial charge in [0, 0.05) is 24.6 Å². The number of nitrogens with zero attached hydrogens (tertiary/aromatic N) is 2. The van der Waals surface area contributed by atoms with Crippen molar-refractivity contribution < 1.29 is 4.79 Å². The molecule has 0 saturated carbocycles. The highest BCUT2D eigenvalue weighted by Crippen LogP contribution is 2.21. The maximum atomic E-state index is 12.5. The second-order valence-corrected chi connectivity index (χ2v) is 5.51. The average molecular weight is 271 g/mol. The van der Waals surface area contributed by atoms with Crippen LogP contribution in [-0.4, -0.2) is 28.4 Å². The number of piperidine rings is 1. The molecule has 1 fully saturated rings. The summed E-state index contributed by atoms with van der Waals surface area (Å²) >= 11 is 0. The molecular formula is C16H21N3O. The molecule has 1 aliphatic rings. The van der Waals surface area contributed by atoms with E-state index in [2.05, 4.69) is 21.8 Å². The number of carbonyl (C=O) groups is 1. The van der Waals surface area contributed by atoms with Crippen molar-refractivity contribution in [3.05, 3.63) is 29.6 Å². The Labute approximate surface area is 119 Å². The summed E-state index contributed by atoms with van der Waals surface area (Å²) in [4.78, 5) is 17.1. The predicted molar refractivity (Wildman–Crippen MR) is 80.1 cm³/mol. The second kappa shape index (κ2) is 5.37. The molecule has 2 aromatic rings. The summed E-state index contributed by atoms with van der Waals surface area (Å²) in [5.74, 6) is 1.38. The molecule has 106 valence electrons. The quantitative estimate of drug-likeness (QED) is 0.873. The van der Waals surface area contributed by atoms with Crippen molar-refractivity contribution in [3.63, 3.8) is 0 Å². The van der Waals surface area contributed by atoms with E-state index in [1.807, 2.05) is 25.1 Å². The van der Waals surface area contributed by atoms with Crippen molar-refractivity contribution in [2.24, 2.45) is 5.92 Å². The number of benzene rings is 1. The smallest absolute Gasteiger partial charge is 0.167 e. The number of aromatic nitrogens is 2. The summed E-state index contributed by atoms with van der Waals surface area (Å²) in [6.45, 7) is 6.86. The summed E-state index contributed by atoms with van der Waals surface area (Å²) in [5.41, 5.74) is 2.84. The van der Waals surface area contributed by atoms with E-state index in [1.54, 1.807) is 0 Å². The number of Topliss-reactive ketones (excluding diaryl/α,β-unsaturated/α-hetero) is 1. The van der Waals surface area contributed by atoms with Gasteiger partial charge in [0.1, 0.15) is 5.82 Å². The number of aryl methyl sites for hydroxylation is 2. The molecule has 1 N–H and O–H groups in total. The van der Waals surface area contributed by atoms with Crippen LogP contribution in [0, 0.1) is 12.8 Å². The predicted octanol–water partition coefficient (Wildman–Crippen LogP) is 2.55. The molecule has 4 heteroatoms. The first-order chi connectivity index (χ1) is 9.70. The Morgan fingerprint density at radius 2 is 2.35 bits per heavy atom. The van der Waals surface area contributed by atoms with Gasteiger partial charge in [0.2, 0.25) is 0 Å². The number of imidazole rings is 1. The minimum absolute atomic E-state index is 0.121. The van der Waals surface area contributed by atoms with Crippen molar-refractivity contribution in [2.75, 3.05) is 13.1 Å². The van der Waals surface area contributed by atoms with Crippen molar-refractivity contribution in [1.82, 2.24) is 14.9 Å². The second-order valence-electron chi connectivity index (χ2n) is 5.51. The number of hydrogen-bond acceptors (Lipinski definition) is 3. The summed E-state index contributed by atoms with van der Waals surface area (Å²) in [6.07, 6.45) is 2.08. The van der Waals surface area contributed by atoms with E-state index in [0.29, 0.717) is 0 Å². The normalized spacial score (nSPS) is 19.4. The SMILES string of the molecule is CCn1c(C)nc2cc(C(=O)C3CCCNC3)ccc21. The molecule has 3 rings (SSSR count). The molecule has 0 radical (unpaired) electrons. The van der Waals surface area contributed by atoms with Crippen molar-refractivity contribution in [1.29, 1.82) is 0 Å².